The van der Waals surface area contributed by atoms with Gasteiger partial charge in [0.1, 0.15) is 11.5 Å². The van der Waals surface area contributed by atoms with Gasteiger partial charge in [0.15, 0.2) is 5.82 Å². The smallest absolute Gasteiger partial charge is 0.242 e. The molecule has 1 heterocycles. The summed E-state index contributed by atoms with van der Waals surface area (Å²) in [4.78, 5) is 10.7. The first-order chi connectivity index (χ1) is 9.40. The molecular formula is C14H27N5O. The van der Waals surface area contributed by atoms with E-state index in [4.69, 9.17) is 10.5 Å². The van der Waals surface area contributed by atoms with Gasteiger partial charge in [0, 0.05) is 6.54 Å². The van der Waals surface area contributed by atoms with Gasteiger partial charge in [-0.1, -0.05) is 13.8 Å². The van der Waals surface area contributed by atoms with Crippen LogP contribution in [-0.4, -0.2) is 48.7 Å². The third-order valence-electron chi connectivity index (χ3n) is 2.65. The van der Waals surface area contributed by atoms with Crippen LogP contribution in [0.1, 0.15) is 26.1 Å². The molecule has 0 fully saturated rings. The van der Waals surface area contributed by atoms with Gasteiger partial charge in [-0.15, -0.1) is 0 Å². The molecule has 1 rings (SSSR count). The molecule has 0 radical (unpaired) electrons. The Morgan fingerprint density at radius 2 is 2.00 bits per heavy atom. The SMILES string of the molecule is Cc1nc(NCCCN(C)C)c(N)c(OCC(C)C)n1. The molecule has 0 spiro atoms. The summed E-state index contributed by atoms with van der Waals surface area (Å²) in [7, 11) is 4.11. The van der Waals surface area contributed by atoms with Gasteiger partial charge in [-0.3, -0.25) is 0 Å². The van der Waals surface area contributed by atoms with Gasteiger partial charge in [-0.05, 0) is 39.9 Å². The Balaban J connectivity index is 2.65. The Labute approximate surface area is 121 Å². The first-order valence-electron chi connectivity index (χ1n) is 7.05. The summed E-state index contributed by atoms with van der Waals surface area (Å²) in [6, 6.07) is 0. The van der Waals surface area contributed by atoms with E-state index < -0.39 is 0 Å². The lowest BCUT2D eigenvalue weighted by molar-refractivity contribution is 0.262. The van der Waals surface area contributed by atoms with Gasteiger partial charge >= 0.3 is 0 Å². The second kappa shape index (κ2) is 7.89. The molecule has 0 aliphatic rings. The maximum Gasteiger partial charge on any atom is 0.242 e. The Hall–Kier alpha value is -1.56. The molecule has 0 unspecified atom stereocenters. The zero-order valence-corrected chi connectivity index (χ0v) is 13.2. The fraction of sp³-hybridized carbons (Fsp3) is 0.714. The Kier molecular flexibility index (Phi) is 6.51. The van der Waals surface area contributed by atoms with E-state index in [1.807, 2.05) is 6.92 Å². The monoisotopic (exact) mass is 281 g/mol. The van der Waals surface area contributed by atoms with E-state index in [0.29, 0.717) is 35.7 Å². The molecule has 1 aromatic rings. The van der Waals surface area contributed by atoms with E-state index >= 15 is 0 Å². The van der Waals surface area contributed by atoms with Crippen molar-refractivity contribution in [3.8, 4) is 5.88 Å². The highest BCUT2D eigenvalue weighted by molar-refractivity contribution is 5.66. The highest BCUT2D eigenvalue weighted by Crippen LogP contribution is 2.26. The van der Waals surface area contributed by atoms with Crippen LogP contribution < -0.4 is 15.8 Å². The number of aryl methyl sites for hydroxylation is 1. The van der Waals surface area contributed by atoms with Gasteiger partial charge in [0.2, 0.25) is 5.88 Å². The molecule has 3 N–H and O–H groups in total. The fourth-order valence-corrected chi connectivity index (χ4v) is 1.65. The van der Waals surface area contributed by atoms with Crippen molar-refractivity contribution in [1.29, 1.82) is 0 Å². The molecule has 0 aliphatic carbocycles. The van der Waals surface area contributed by atoms with Crippen LogP contribution in [0.3, 0.4) is 0 Å². The number of rotatable bonds is 8. The maximum atomic E-state index is 6.06. The summed E-state index contributed by atoms with van der Waals surface area (Å²) < 4.78 is 5.64. The van der Waals surface area contributed by atoms with Crippen LogP contribution in [-0.2, 0) is 0 Å². The van der Waals surface area contributed by atoms with Crippen LogP contribution in [0.5, 0.6) is 5.88 Å². The zero-order chi connectivity index (χ0) is 15.1. The second-order valence-electron chi connectivity index (χ2n) is 5.63. The maximum absolute atomic E-state index is 6.06. The average Bonchev–Trinajstić information content (AvgIpc) is 2.35. The van der Waals surface area contributed by atoms with Crippen molar-refractivity contribution in [2.24, 2.45) is 5.92 Å². The van der Waals surface area contributed by atoms with Crippen LogP contribution in [0.25, 0.3) is 0 Å². The molecule has 20 heavy (non-hydrogen) atoms. The molecule has 0 aromatic carbocycles. The average molecular weight is 281 g/mol. The number of ether oxygens (including phenoxy) is 1. The van der Waals surface area contributed by atoms with E-state index in [1.165, 1.54) is 0 Å². The van der Waals surface area contributed by atoms with Crippen LogP contribution in [0.2, 0.25) is 0 Å². The minimum absolute atomic E-state index is 0.432. The quantitative estimate of drug-likeness (QED) is 0.707. The topological polar surface area (TPSA) is 76.3 Å². The van der Waals surface area contributed by atoms with E-state index in [1.54, 1.807) is 0 Å². The number of anilines is 2. The molecule has 6 nitrogen and oxygen atoms in total. The summed E-state index contributed by atoms with van der Waals surface area (Å²) in [5, 5.41) is 3.25. The number of aromatic nitrogens is 2. The van der Waals surface area contributed by atoms with Gasteiger partial charge in [-0.2, -0.15) is 4.98 Å². The standard InChI is InChI=1S/C14H27N5O/c1-10(2)9-20-14-12(15)13(17-11(3)18-14)16-7-6-8-19(4)5/h10H,6-9,15H2,1-5H3,(H,16,17,18). The van der Waals surface area contributed by atoms with Crippen molar-refractivity contribution < 1.29 is 4.74 Å². The van der Waals surface area contributed by atoms with Gasteiger partial charge in [-0.25, -0.2) is 4.98 Å². The lowest BCUT2D eigenvalue weighted by Gasteiger charge is -2.15. The van der Waals surface area contributed by atoms with Crippen molar-refractivity contribution in [3.63, 3.8) is 0 Å². The van der Waals surface area contributed by atoms with E-state index in [9.17, 15) is 0 Å². The van der Waals surface area contributed by atoms with Gasteiger partial charge in [0.05, 0.1) is 6.61 Å². The molecule has 0 saturated heterocycles. The molecule has 0 aliphatic heterocycles. The van der Waals surface area contributed by atoms with Gasteiger partial charge in [0.25, 0.3) is 0 Å². The minimum Gasteiger partial charge on any atom is -0.476 e. The van der Waals surface area contributed by atoms with Crippen molar-refractivity contribution in [2.45, 2.75) is 27.2 Å². The molecular weight excluding hydrogens is 254 g/mol. The molecule has 0 amide bonds. The number of nitrogens with zero attached hydrogens (tertiary/aromatic N) is 3. The molecule has 114 valence electrons. The Morgan fingerprint density at radius 3 is 2.60 bits per heavy atom. The second-order valence-corrected chi connectivity index (χ2v) is 5.63. The van der Waals surface area contributed by atoms with Crippen molar-refractivity contribution >= 4 is 11.5 Å². The molecule has 1 aromatic heterocycles. The van der Waals surface area contributed by atoms with Crippen molar-refractivity contribution in [1.82, 2.24) is 14.9 Å². The van der Waals surface area contributed by atoms with Crippen LogP contribution in [0.15, 0.2) is 0 Å². The number of hydrogen-bond donors (Lipinski definition) is 2. The number of nitrogens with two attached hydrogens (primary N) is 1. The summed E-state index contributed by atoms with van der Waals surface area (Å²) in [6.45, 7) is 8.46. The van der Waals surface area contributed by atoms with Crippen LogP contribution in [0, 0.1) is 12.8 Å². The van der Waals surface area contributed by atoms with E-state index in [-0.39, 0.29) is 0 Å². The first-order valence-corrected chi connectivity index (χ1v) is 7.05. The summed E-state index contributed by atoms with van der Waals surface area (Å²) in [5.74, 6) is 2.23. The molecule has 0 bridgehead atoms. The number of nitrogen functional groups attached to an aromatic ring is 1. The predicted molar refractivity (Wildman–Crippen MR) is 83.2 cm³/mol. The highest BCUT2D eigenvalue weighted by Gasteiger charge is 2.11. The summed E-state index contributed by atoms with van der Waals surface area (Å²) in [6.07, 6.45) is 1.03. The minimum atomic E-state index is 0.432. The van der Waals surface area contributed by atoms with E-state index in [0.717, 1.165) is 19.5 Å². The zero-order valence-electron chi connectivity index (χ0n) is 13.2. The van der Waals surface area contributed by atoms with Crippen LogP contribution >= 0.6 is 0 Å². The summed E-state index contributed by atoms with van der Waals surface area (Å²) >= 11 is 0. The normalized spacial score (nSPS) is 11.2. The lowest BCUT2D eigenvalue weighted by atomic mass is 10.2. The molecule has 0 saturated carbocycles. The van der Waals surface area contributed by atoms with E-state index in [2.05, 4.69) is 48.1 Å². The lowest BCUT2D eigenvalue weighted by Crippen LogP contribution is -2.17. The van der Waals surface area contributed by atoms with Gasteiger partial charge < -0.3 is 20.7 Å². The first kappa shape index (κ1) is 16.5. The summed E-state index contributed by atoms with van der Waals surface area (Å²) in [5.41, 5.74) is 6.54. The third-order valence-corrected chi connectivity index (χ3v) is 2.65. The van der Waals surface area contributed by atoms with Crippen molar-refractivity contribution in [2.75, 3.05) is 44.8 Å². The number of nitrogens with one attached hydrogen (secondary N) is 1. The van der Waals surface area contributed by atoms with Crippen LogP contribution in [0.4, 0.5) is 11.5 Å². The molecule has 6 heteroatoms. The fourth-order valence-electron chi connectivity index (χ4n) is 1.65. The highest BCUT2D eigenvalue weighted by atomic mass is 16.5. The number of hydrogen-bond acceptors (Lipinski definition) is 6. The molecule has 0 atom stereocenters. The largest absolute Gasteiger partial charge is 0.476 e. The predicted octanol–water partition coefficient (Wildman–Crippen LogP) is 1.77. The Morgan fingerprint density at radius 1 is 1.30 bits per heavy atom. The third kappa shape index (κ3) is 5.61. The Bertz CT molecular complexity index is 420. The van der Waals surface area contributed by atoms with Crippen molar-refractivity contribution in [3.05, 3.63) is 5.82 Å².